The molecule has 6 nitrogen and oxygen atoms in total. The molecule has 37 heavy (non-hydrogen) atoms. The first-order chi connectivity index (χ1) is 17.7. The lowest BCUT2D eigenvalue weighted by Gasteiger charge is -2.32. The van der Waals surface area contributed by atoms with Crippen LogP contribution in [-0.2, 0) is 15.8 Å². The average molecular weight is 558 g/mol. The third-order valence-electron chi connectivity index (χ3n) is 7.20. The van der Waals surface area contributed by atoms with E-state index in [4.69, 9.17) is 27.9 Å². The molecule has 0 radical (unpaired) electrons. The molecular weight excluding hydrogens is 530 g/mol. The van der Waals surface area contributed by atoms with E-state index in [1.165, 1.54) is 6.07 Å². The summed E-state index contributed by atoms with van der Waals surface area (Å²) < 4.78 is 44.0. The number of hydrogen-bond donors (Lipinski definition) is 0. The van der Waals surface area contributed by atoms with E-state index < -0.39 is 11.7 Å². The van der Waals surface area contributed by atoms with E-state index in [-0.39, 0.29) is 36.1 Å². The monoisotopic (exact) mass is 557 g/mol. The Morgan fingerprint density at radius 2 is 1.86 bits per heavy atom. The van der Waals surface area contributed by atoms with Crippen LogP contribution in [0.4, 0.5) is 13.2 Å². The van der Waals surface area contributed by atoms with Gasteiger partial charge >= 0.3 is 6.18 Å². The number of alkyl halides is 3. The summed E-state index contributed by atoms with van der Waals surface area (Å²) >= 11 is 12.4. The van der Waals surface area contributed by atoms with Gasteiger partial charge in [-0.1, -0.05) is 29.3 Å². The molecule has 11 heteroatoms. The summed E-state index contributed by atoms with van der Waals surface area (Å²) in [6.45, 7) is 3.15. The molecule has 2 aromatic rings. The molecule has 2 saturated heterocycles. The predicted molar refractivity (Wildman–Crippen MR) is 134 cm³/mol. The Morgan fingerprint density at radius 1 is 1.11 bits per heavy atom. The highest BCUT2D eigenvalue weighted by Crippen LogP contribution is 2.38. The molecule has 2 fully saturated rings. The number of carbonyl (C=O) groups excluding carboxylic acids is 2. The van der Waals surface area contributed by atoms with Crippen LogP contribution in [0.1, 0.15) is 36.3 Å². The Labute approximate surface area is 223 Å². The van der Waals surface area contributed by atoms with E-state index >= 15 is 0 Å². The Bertz CT molecular complexity index is 1090. The van der Waals surface area contributed by atoms with Gasteiger partial charge in [-0.25, -0.2) is 4.98 Å². The van der Waals surface area contributed by atoms with Crippen molar-refractivity contribution in [3.63, 3.8) is 0 Å². The number of carbonyl (C=O) groups is 2. The smallest absolute Gasteiger partial charge is 0.417 e. The van der Waals surface area contributed by atoms with Crippen molar-refractivity contribution in [2.75, 3.05) is 39.3 Å². The summed E-state index contributed by atoms with van der Waals surface area (Å²) in [5.41, 5.74) is 0.143. The molecular formula is C26H28Cl2F3N3O3. The molecule has 0 bridgehead atoms. The molecule has 0 aliphatic carbocycles. The van der Waals surface area contributed by atoms with Gasteiger partial charge in [-0.05, 0) is 62.0 Å². The van der Waals surface area contributed by atoms with Crippen LogP contribution in [0.3, 0.4) is 0 Å². The van der Waals surface area contributed by atoms with Crippen LogP contribution in [0.25, 0.3) is 0 Å². The summed E-state index contributed by atoms with van der Waals surface area (Å²) in [5.74, 6) is 0.225. The first-order valence-corrected chi connectivity index (χ1v) is 13.0. The van der Waals surface area contributed by atoms with Crippen LogP contribution < -0.4 is 4.74 Å². The predicted octanol–water partition coefficient (Wildman–Crippen LogP) is 5.33. The van der Waals surface area contributed by atoms with Crippen LogP contribution >= 0.6 is 23.2 Å². The number of rotatable bonds is 8. The van der Waals surface area contributed by atoms with Crippen LogP contribution in [0, 0.1) is 11.8 Å². The maximum atomic E-state index is 13.4. The fourth-order valence-electron chi connectivity index (χ4n) is 5.14. The number of halogens is 5. The maximum absolute atomic E-state index is 13.4. The summed E-state index contributed by atoms with van der Waals surface area (Å²) in [6.07, 6.45) is -0.803. The van der Waals surface area contributed by atoms with E-state index in [1.807, 2.05) is 17.0 Å². The number of aldehydes is 1. The molecule has 0 spiro atoms. The Hall–Kier alpha value is -2.36. The van der Waals surface area contributed by atoms with Gasteiger partial charge in [-0.3, -0.25) is 9.69 Å². The Balaban J connectivity index is 1.41. The van der Waals surface area contributed by atoms with Crippen LogP contribution in [0.15, 0.2) is 36.5 Å². The zero-order valence-electron chi connectivity index (χ0n) is 20.1. The number of pyridine rings is 1. The van der Waals surface area contributed by atoms with Crippen molar-refractivity contribution >= 4 is 35.4 Å². The summed E-state index contributed by atoms with van der Waals surface area (Å²) in [6, 6.07) is 7.63. The lowest BCUT2D eigenvalue weighted by molar-refractivity contribution is -0.138. The van der Waals surface area contributed by atoms with Crippen molar-refractivity contribution in [1.82, 2.24) is 14.8 Å². The van der Waals surface area contributed by atoms with Crippen molar-refractivity contribution in [2.45, 2.75) is 31.4 Å². The molecule has 1 amide bonds. The maximum Gasteiger partial charge on any atom is 0.417 e. The van der Waals surface area contributed by atoms with Gasteiger partial charge < -0.3 is 14.4 Å². The largest absolute Gasteiger partial charge is 0.478 e. The van der Waals surface area contributed by atoms with Gasteiger partial charge in [0.15, 0.2) is 0 Å². The number of benzene rings is 1. The second kappa shape index (κ2) is 12.0. The van der Waals surface area contributed by atoms with Crippen molar-refractivity contribution in [3.8, 4) is 5.88 Å². The SMILES string of the molecule is O=CCN1CCC(C(=O)N2CC(CCOc3ccc(C(F)(F)F)cn3)C(c3ccc(Cl)c(Cl)c3)C2)CC1. The van der Waals surface area contributed by atoms with Crippen LogP contribution in [0.5, 0.6) is 5.88 Å². The third kappa shape index (κ3) is 6.94. The fraction of sp³-hybridized carbons (Fsp3) is 0.500. The van der Waals surface area contributed by atoms with Gasteiger partial charge in [0.2, 0.25) is 11.8 Å². The topological polar surface area (TPSA) is 62.7 Å². The number of amides is 1. The van der Waals surface area contributed by atoms with Crippen LogP contribution in [-0.4, -0.2) is 66.3 Å². The van der Waals surface area contributed by atoms with E-state index in [0.29, 0.717) is 48.9 Å². The quantitative estimate of drug-likeness (QED) is 0.410. The minimum absolute atomic E-state index is 0.0121. The molecule has 200 valence electrons. The fourth-order valence-corrected chi connectivity index (χ4v) is 5.45. The van der Waals surface area contributed by atoms with E-state index in [2.05, 4.69) is 9.88 Å². The number of ether oxygens (including phenoxy) is 1. The van der Waals surface area contributed by atoms with Gasteiger partial charge in [0.1, 0.15) is 6.29 Å². The first-order valence-electron chi connectivity index (χ1n) is 12.2. The molecule has 0 saturated carbocycles. The highest BCUT2D eigenvalue weighted by Gasteiger charge is 2.39. The molecule has 1 aromatic carbocycles. The zero-order chi connectivity index (χ0) is 26.6. The molecule has 3 heterocycles. The van der Waals surface area contributed by atoms with Gasteiger partial charge in [0, 0.05) is 37.2 Å². The second-order valence-electron chi connectivity index (χ2n) is 9.54. The zero-order valence-corrected chi connectivity index (χ0v) is 21.6. The molecule has 2 unspecified atom stereocenters. The first kappa shape index (κ1) is 27.7. The average Bonchev–Trinajstić information content (AvgIpc) is 3.30. The van der Waals surface area contributed by atoms with Crippen molar-refractivity contribution in [3.05, 3.63) is 57.7 Å². The summed E-state index contributed by atoms with van der Waals surface area (Å²) in [4.78, 5) is 31.9. The van der Waals surface area contributed by atoms with Crippen molar-refractivity contribution < 1.29 is 27.5 Å². The third-order valence-corrected chi connectivity index (χ3v) is 7.94. The summed E-state index contributed by atoms with van der Waals surface area (Å²) in [7, 11) is 0. The van der Waals surface area contributed by atoms with Gasteiger partial charge in [0.05, 0.1) is 28.8 Å². The lowest BCUT2D eigenvalue weighted by Crippen LogP contribution is -2.42. The molecule has 0 N–H and O–H groups in total. The lowest BCUT2D eigenvalue weighted by atomic mass is 9.87. The highest BCUT2D eigenvalue weighted by atomic mass is 35.5. The molecule has 2 aliphatic rings. The number of piperidine rings is 1. The van der Waals surface area contributed by atoms with Crippen LogP contribution in [0.2, 0.25) is 10.0 Å². The van der Waals surface area contributed by atoms with Crippen molar-refractivity contribution in [2.24, 2.45) is 11.8 Å². The standard InChI is InChI=1S/C26H28Cl2F3N3O3/c27-22-3-1-18(13-23(22)28)21-16-34(25(36)17-5-8-33(9-6-17)10-11-35)15-19(21)7-12-37-24-4-2-20(14-32-24)26(29,30)31/h1-4,11,13-14,17,19,21H,5-10,12,15-16H2. The molecule has 2 aliphatic heterocycles. The number of likely N-dealkylation sites (tertiary alicyclic amines) is 2. The van der Waals surface area contributed by atoms with E-state index in [9.17, 15) is 22.8 Å². The van der Waals surface area contributed by atoms with Crippen molar-refractivity contribution in [1.29, 1.82) is 0 Å². The number of hydrogen-bond acceptors (Lipinski definition) is 5. The van der Waals surface area contributed by atoms with Gasteiger partial charge in [0.25, 0.3) is 0 Å². The van der Waals surface area contributed by atoms with Gasteiger partial charge in [-0.2, -0.15) is 13.2 Å². The minimum atomic E-state index is -4.45. The molecule has 4 rings (SSSR count). The Morgan fingerprint density at radius 3 is 2.49 bits per heavy atom. The highest BCUT2D eigenvalue weighted by molar-refractivity contribution is 6.42. The molecule has 1 aromatic heterocycles. The number of aromatic nitrogens is 1. The van der Waals surface area contributed by atoms with E-state index in [0.717, 1.165) is 37.2 Å². The number of nitrogens with zero attached hydrogens (tertiary/aromatic N) is 3. The Kier molecular flexibility index (Phi) is 8.98. The van der Waals surface area contributed by atoms with Gasteiger partial charge in [-0.15, -0.1) is 0 Å². The summed E-state index contributed by atoms with van der Waals surface area (Å²) in [5, 5.41) is 0.891. The second-order valence-corrected chi connectivity index (χ2v) is 10.4. The molecule has 2 atom stereocenters. The normalized spacial score (nSPS) is 21.3. The van der Waals surface area contributed by atoms with E-state index in [1.54, 1.807) is 6.07 Å². The minimum Gasteiger partial charge on any atom is -0.478 e.